The van der Waals surface area contributed by atoms with Crippen LogP contribution in [-0.2, 0) is 0 Å². The molecule has 0 aliphatic rings. The third-order valence-electron chi connectivity index (χ3n) is 3.05. The molecule has 0 saturated carbocycles. The van der Waals surface area contributed by atoms with Gasteiger partial charge in [0.05, 0.1) is 0 Å². The molecule has 0 aliphatic heterocycles. The fourth-order valence-corrected chi connectivity index (χ4v) is 2.16. The van der Waals surface area contributed by atoms with Crippen LogP contribution in [0.5, 0.6) is 0 Å². The van der Waals surface area contributed by atoms with E-state index in [-0.39, 0.29) is 5.92 Å². The van der Waals surface area contributed by atoms with Crippen LogP contribution in [0.25, 0.3) is 0 Å². The molecule has 2 N–H and O–H groups in total. The molecule has 2 aromatic rings. The summed E-state index contributed by atoms with van der Waals surface area (Å²) in [6.45, 7) is 6.24. The zero-order valence-corrected chi connectivity index (χ0v) is 13.7. The summed E-state index contributed by atoms with van der Waals surface area (Å²) in [7, 11) is 1.86. The molecule has 0 bridgehead atoms. The van der Waals surface area contributed by atoms with Gasteiger partial charge in [0, 0.05) is 29.2 Å². The Morgan fingerprint density at radius 3 is 2.50 bits per heavy atom. The molecule has 0 unspecified atom stereocenters. The summed E-state index contributed by atoms with van der Waals surface area (Å²) in [5, 5.41) is 6.44. The Hall–Kier alpha value is -1.62. The lowest BCUT2D eigenvalue weighted by atomic mass is 10.2. The second kappa shape index (κ2) is 6.22. The SMILES string of the molecule is CNc1cc(Nc2cccc(Br)c2C)nc(C(C)C)n1. The number of anilines is 3. The van der Waals surface area contributed by atoms with Crippen molar-refractivity contribution in [3.8, 4) is 0 Å². The van der Waals surface area contributed by atoms with Crippen molar-refractivity contribution in [2.24, 2.45) is 0 Å². The van der Waals surface area contributed by atoms with Crippen LogP contribution in [0, 0.1) is 6.92 Å². The molecule has 0 amide bonds. The maximum absolute atomic E-state index is 4.57. The Labute approximate surface area is 128 Å². The van der Waals surface area contributed by atoms with Crippen molar-refractivity contribution in [2.75, 3.05) is 17.7 Å². The number of rotatable bonds is 4. The second-order valence-electron chi connectivity index (χ2n) is 4.94. The number of nitrogens with one attached hydrogen (secondary N) is 2. The molecule has 1 aromatic carbocycles. The molecule has 0 fully saturated rings. The number of aromatic nitrogens is 2. The van der Waals surface area contributed by atoms with E-state index >= 15 is 0 Å². The third kappa shape index (κ3) is 3.28. The van der Waals surface area contributed by atoms with Gasteiger partial charge in [0.15, 0.2) is 0 Å². The second-order valence-corrected chi connectivity index (χ2v) is 5.79. The monoisotopic (exact) mass is 334 g/mol. The highest BCUT2D eigenvalue weighted by atomic mass is 79.9. The average molecular weight is 335 g/mol. The zero-order valence-electron chi connectivity index (χ0n) is 12.2. The van der Waals surface area contributed by atoms with Crippen molar-refractivity contribution in [2.45, 2.75) is 26.7 Å². The summed E-state index contributed by atoms with van der Waals surface area (Å²) < 4.78 is 1.08. The minimum Gasteiger partial charge on any atom is -0.373 e. The molecule has 0 spiro atoms. The fraction of sp³-hybridized carbons (Fsp3) is 0.333. The van der Waals surface area contributed by atoms with Gasteiger partial charge in [-0.15, -0.1) is 0 Å². The minimum atomic E-state index is 0.285. The van der Waals surface area contributed by atoms with Gasteiger partial charge in [-0.3, -0.25) is 0 Å². The van der Waals surface area contributed by atoms with Gasteiger partial charge in [-0.2, -0.15) is 0 Å². The maximum atomic E-state index is 4.57. The standard InChI is InChI=1S/C15H19BrN4/c1-9(2)15-19-13(17-4)8-14(20-15)18-12-7-5-6-11(16)10(12)3/h5-9H,1-4H3,(H2,17,18,19,20). The third-order valence-corrected chi connectivity index (χ3v) is 3.91. The largest absolute Gasteiger partial charge is 0.373 e. The highest BCUT2D eigenvalue weighted by molar-refractivity contribution is 9.10. The van der Waals surface area contributed by atoms with Crippen molar-refractivity contribution >= 4 is 33.3 Å². The van der Waals surface area contributed by atoms with Crippen LogP contribution in [0.1, 0.15) is 31.2 Å². The van der Waals surface area contributed by atoms with E-state index in [4.69, 9.17) is 0 Å². The van der Waals surface area contributed by atoms with Gasteiger partial charge >= 0.3 is 0 Å². The van der Waals surface area contributed by atoms with Crippen LogP contribution >= 0.6 is 15.9 Å². The number of halogens is 1. The molecular weight excluding hydrogens is 316 g/mol. The van der Waals surface area contributed by atoms with Crippen LogP contribution in [-0.4, -0.2) is 17.0 Å². The normalized spacial score (nSPS) is 10.7. The number of nitrogens with zero attached hydrogens (tertiary/aromatic N) is 2. The summed E-state index contributed by atoms with van der Waals surface area (Å²) in [4.78, 5) is 9.03. The van der Waals surface area contributed by atoms with Crippen LogP contribution in [0.15, 0.2) is 28.7 Å². The van der Waals surface area contributed by atoms with Crippen molar-refractivity contribution < 1.29 is 0 Å². The highest BCUT2D eigenvalue weighted by Gasteiger charge is 2.09. The first-order valence-electron chi connectivity index (χ1n) is 6.60. The van der Waals surface area contributed by atoms with Gasteiger partial charge in [0.25, 0.3) is 0 Å². The molecule has 20 heavy (non-hydrogen) atoms. The maximum Gasteiger partial charge on any atom is 0.136 e. The molecule has 0 atom stereocenters. The Morgan fingerprint density at radius 2 is 1.85 bits per heavy atom. The van der Waals surface area contributed by atoms with E-state index in [1.54, 1.807) is 0 Å². The summed E-state index contributed by atoms with van der Waals surface area (Å²) in [6.07, 6.45) is 0. The lowest BCUT2D eigenvalue weighted by Crippen LogP contribution is -2.05. The summed E-state index contributed by atoms with van der Waals surface area (Å²) in [5.41, 5.74) is 2.19. The smallest absolute Gasteiger partial charge is 0.136 e. The molecular formula is C15H19BrN4. The molecule has 1 heterocycles. The average Bonchev–Trinajstić information content (AvgIpc) is 2.43. The van der Waals surface area contributed by atoms with E-state index in [0.29, 0.717) is 0 Å². The van der Waals surface area contributed by atoms with Gasteiger partial charge in [-0.05, 0) is 24.6 Å². The Balaban J connectivity index is 2.37. The first-order valence-corrected chi connectivity index (χ1v) is 7.39. The topological polar surface area (TPSA) is 49.8 Å². The first kappa shape index (κ1) is 14.8. The van der Waals surface area contributed by atoms with Crippen LogP contribution < -0.4 is 10.6 Å². The highest BCUT2D eigenvalue weighted by Crippen LogP contribution is 2.27. The Bertz CT molecular complexity index is 611. The molecule has 1 aromatic heterocycles. The van der Waals surface area contributed by atoms with Gasteiger partial charge in [-0.1, -0.05) is 35.8 Å². The molecule has 0 radical (unpaired) electrons. The zero-order chi connectivity index (χ0) is 14.7. The van der Waals surface area contributed by atoms with Gasteiger partial charge < -0.3 is 10.6 Å². The Kier molecular flexibility index (Phi) is 4.60. The number of hydrogen-bond donors (Lipinski definition) is 2. The van der Waals surface area contributed by atoms with Crippen LogP contribution in [0.2, 0.25) is 0 Å². The van der Waals surface area contributed by atoms with Gasteiger partial charge in [0.1, 0.15) is 17.5 Å². The number of benzene rings is 1. The fourth-order valence-electron chi connectivity index (χ4n) is 1.80. The lowest BCUT2D eigenvalue weighted by molar-refractivity contribution is 0.778. The van der Waals surface area contributed by atoms with Crippen molar-refractivity contribution in [1.29, 1.82) is 0 Å². The van der Waals surface area contributed by atoms with E-state index in [2.05, 4.69) is 57.3 Å². The predicted molar refractivity (Wildman–Crippen MR) is 87.8 cm³/mol. The Morgan fingerprint density at radius 1 is 1.15 bits per heavy atom. The molecule has 0 aliphatic carbocycles. The minimum absolute atomic E-state index is 0.285. The van der Waals surface area contributed by atoms with Gasteiger partial charge in [-0.25, -0.2) is 9.97 Å². The molecule has 0 saturated heterocycles. The van der Waals surface area contributed by atoms with Crippen LogP contribution in [0.3, 0.4) is 0 Å². The molecule has 4 nitrogen and oxygen atoms in total. The lowest BCUT2D eigenvalue weighted by Gasteiger charge is -2.13. The van der Waals surface area contributed by atoms with Crippen molar-refractivity contribution in [3.63, 3.8) is 0 Å². The predicted octanol–water partition coefficient (Wildman–Crippen LogP) is 4.46. The molecule has 5 heteroatoms. The van der Waals surface area contributed by atoms with E-state index in [9.17, 15) is 0 Å². The summed E-state index contributed by atoms with van der Waals surface area (Å²) >= 11 is 3.54. The summed E-state index contributed by atoms with van der Waals surface area (Å²) in [6, 6.07) is 7.98. The summed E-state index contributed by atoms with van der Waals surface area (Å²) in [5.74, 6) is 2.73. The quantitative estimate of drug-likeness (QED) is 0.866. The molecule has 106 valence electrons. The van der Waals surface area contributed by atoms with E-state index in [0.717, 1.165) is 33.2 Å². The molecule has 2 rings (SSSR count). The van der Waals surface area contributed by atoms with Crippen molar-refractivity contribution in [1.82, 2.24) is 9.97 Å². The number of hydrogen-bond acceptors (Lipinski definition) is 4. The first-order chi connectivity index (χ1) is 9.51. The van der Waals surface area contributed by atoms with E-state index in [1.165, 1.54) is 0 Å². The van der Waals surface area contributed by atoms with Crippen molar-refractivity contribution in [3.05, 3.63) is 40.1 Å². The van der Waals surface area contributed by atoms with Gasteiger partial charge in [0.2, 0.25) is 0 Å². The van der Waals surface area contributed by atoms with Crippen LogP contribution in [0.4, 0.5) is 17.3 Å². The van der Waals surface area contributed by atoms with E-state index in [1.807, 2.05) is 31.3 Å². The van der Waals surface area contributed by atoms with E-state index < -0.39 is 0 Å².